The molecule has 1 aliphatic rings. The largest absolute Gasteiger partial charge is 0.384 e. The molecule has 1 fully saturated rings. The molecule has 10 heteroatoms. The normalized spacial score (nSPS) is 14.3. The van der Waals surface area contributed by atoms with Gasteiger partial charge in [0.05, 0.1) is 17.4 Å². The third-order valence-electron chi connectivity index (χ3n) is 7.09. The quantitative estimate of drug-likeness (QED) is 0.130. The van der Waals surface area contributed by atoms with E-state index in [0.29, 0.717) is 12.5 Å². The second-order valence-electron chi connectivity index (χ2n) is 9.75. The first-order valence-corrected chi connectivity index (χ1v) is 14.6. The van der Waals surface area contributed by atoms with Crippen LogP contribution < -0.4 is 10.6 Å². The number of aromatic nitrogens is 4. The number of pyridine rings is 3. The minimum atomic E-state index is 0.644. The second-order valence-corrected chi connectivity index (χ2v) is 11.5. The van der Waals surface area contributed by atoms with E-state index < -0.39 is 0 Å². The van der Waals surface area contributed by atoms with Gasteiger partial charge in [-0.3, -0.25) is 13.9 Å². The molecule has 2 N–H and O–H groups in total. The lowest BCUT2D eigenvalue weighted by molar-refractivity contribution is 0.0699. The van der Waals surface area contributed by atoms with Gasteiger partial charge in [-0.05, 0) is 65.8 Å². The van der Waals surface area contributed by atoms with Crippen LogP contribution in [0.25, 0.3) is 33.1 Å². The minimum absolute atomic E-state index is 0.644. The first-order chi connectivity index (χ1) is 19.3. The standard InChI is InChI=1S/C29H29IN6O2S/c30-38-39-36-19-27(26-10-22(17-35-29(26)36)15-32-14-21-2-1-7-31-13-21)23-3-4-28-24(11-23)12-25(18-34-28)33-16-20-5-8-37-9-6-20/h1-4,7,10-13,17-20,32-33H,5-6,8-9,14-16H2. The fraction of sp³-hybridized carbons (Fsp3) is 0.276. The van der Waals surface area contributed by atoms with E-state index in [-0.39, 0.29) is 0 Å². The number of anilines is 1. The summed E-state index contributed by atoms with van der Waals surface area (Å²) >= 11 is 3.15. The van der Waals surface area contributed by atoms with Crippen molar-refractivity contribution in [3.05, 3.63) is 84.6 Å². The summed E-state index contributed by atoms with van der Waals surface area (Å²) in [4.78, 5) is 13.7. The Morgan fingerprint density at radius 2 is 1.92 bits per heavy atom. The molecule has 0 saturated carbocycles. The molecule has 1 saturated heterocycles. The van der Waals surface area contributed by atoms with Crippen LogP contribution in [0.4, 0.5) is 5.69 Å². The highest BCUT2D eigenvalue weighted by atomic mass is 127. The number of halogens is 1. The number of hydrogen-bond acceptors (Lipinski definition) is 8. The number of rotatable bonds is 10. The Morgan fingerprint density at radius 1 is 1.03 bits per heavy atom. The topological polar surface area (TPSA) is 86.1 Å². The number of nitrogens with zero attached hydrogens (tertiary/aromatic N) is 4. The predicted octanol–water partition coefficient (Wildman–Crippen LogP) is 6.55. The van der Waals surface area contributed by atoms with Crippen molar-refractivity contribution < 1.29 is 7.25 Å². The van der Waals surface area contributed by atoms with Crippen LogP contribution in [-0.2, 0) is 20.3 Å². The smallest absolute Gasteiger partial charge is 0.152 e. The molecule has 0 radical (unpaired) electrons. The summed E-state index contributed by atoms with van der Waals surface area (Å²) in [6.07, 6.45) is 11.8. The minimum Gasteiger partial charge on any atom is -0.384 e. The Morgan fingerprint density at radius 3 is 2.77 bits per heavy atom. The lowest BCUT2D eigenvalue weighted by Gasteiger charge is -2.22. The third-order valence-corrected chi connectivity index (χ3v) is 8.06. The Labute approximate surface area is 246 Å². The van der Waals surface area contributed by atoms with Crippen LogP contribution in [0.3, 0.4) is 0 Å². The molecule has 1 aromatic carbocycles. The van der Waals surface area contributed by atoms with Crippen LogP contribution in [0.1, 0.15) is 24.0 Å². The van der Waals surface area contributed by atoms with Gasteiger partial charge in [-0.2, -0.15) is 0 Å². The van der Waals surface area contributed by atoms with Gasteiger partial charge in [-0.1, -0.05) is 12.1 Å². The first-order valence-electron chi connectivity index (χ1n) is 13.0. The van der Waals surface area contributed by atoms with Crippen LogP contribution in [0, 0.1) is 5.92 Å². The maximum atomic E-state index is 5.50. The van der Waals surface area contributed by atoms with Crippen molar-refractivity contribution in [1.82, 2.24) is 24.2 Å². The number of fused-ring (bicyclic) bond motifs is 2. The van der Waals surface area contributed by atoms with E-state index >= 15 is 0 Å². The maximum Gasteiger partial charge on any atom is 0.152 e. The lowest BCUT2D eigenvalue weighted by Crippen LogP contribution is -2.22. The molecule has 0 spiro atoms. The van der Waals surface area contributed by atoms with E-state index in [0.717, 1.165) is 89.0 Å². The van der Waals surface area contributed by atoms with E-state index in [1.54, 1.807) is 6.20 Å². The molecule has 0 atom stereocenters. The van der Waals surface area contributed by atoms with Crippen LogP contribution >= 0.6 is 35.2 Å². The fourth-order valence-electron chi connectivity index (χ4n) is 5.00. The highest BCUT2D eigenvalue weighted by molar-refractivity contribution is 14.1. The van der Waals surface area contributed by atoms with Crippen molar-refractivity contribution >= 4 is 62.9 Å². The molecular weight excluding hydrogens is 623 g/mol. The van der Waals surface area contributed by atoms with Gasteiger partial charge in [0.25, 0.3) is 0 Å². The Hall–Kier alpha value is -2.77. The second kappa shape index (κ2) is 12.6. The molecule has 39 heavy (non-hydrogen) atoms. The van der Waals surface area contributed by atoms with Gasteiger partial charge in [-0.15, -0.1) is 0 Å². The van der Waals surface area contributed by atoms with Gasteiger partial charge in [0.2, 0.25) is 0 Å². The molecule has 5 aromatic rings. The van der Waals surface area contributed by atoms with Gasteiger partial charge in [0, 0.05) is 74.0 Å². The van der Waals surface area contributed by atoms with Crippen molar-refractivity contribution in [2.75, 3.05) is 25.1 Å². The molecule has 6 rings (SSSR count). The number of hydrogen-bond donors (Lipinski definition) is 2. The molecule has 0 amide bonds. The summed E-state index contributed by atoms with van der Waals surface area (Å²) < 4.78 is 12.8. The molecule has 0 unspecified atom stereocenters. The fourth-order valence-corrected chi connectivity index (χ4v) is 5.94. The maximum absolute atomic E-state index is 5.50. The zero-order valence-corrected chi connectivity index (χ0v) is 24.3. The zero-order chi connectivity index (χ0) is 26.4. The number of ether oxygens (including phenoxy) is 1. The molecule has 200 valence electrons. The van der Waals surface area contributed by atoms with Crippen molar-refractivity contribution in [1.29, 1.82) is 0 Å². The Kier molecular flexibility index (Phi) is 8.55. The van der Waals surface area contributed by atoms with E-state index in [1.165, 1.54) is 12.2 Å². The molecular formula is C29H29IN6O2S. The monoisotopic (exact) mass is 652 g/mol. The molecule has 5 heterocycles. The highest BCUT2D eigenvalue weighted by Gasteiger charge is 2.16. The van der Waals surface area contributed by atoms with E-state index in [2.05, 4.69) is 58.2 Å². The van der Waals surface area contributed by atoms with Gasteiger partial charge in [0.15, 0.2) is 5.65 Å². The van der Waals surface area contributed by atoms with E-state index in [4.69, 9.17) is 17.2 Å². The third kappa shape index (κ3) is 6.36. The van der Waals surface area contributed by atoms with Gasteiger partial charge < -0.3 is 15.4 Å². The molecule has 1 aliphatic heterocycles. The summed E-state index contributed by atoms with van der Waals surface area (Å²) in [6, 6.07) is 14.9. The predicted molar refractivity (Wildman–Crippen MR) is 165 cm³/mol. The summed E-state index contributed by atoms with van der Waals surface area (Å²) in [5.74, 6) is 0.644. The average Bonchev–Trinajstić information content (AvgIpc) is 3.34. The summed E-state index contributed by atoms with van der Waals surface area (Å²) in [5, 5.41) is 9.27. The van der Waals surface area contributed by atoms with Gasteiger partial charge in [0.1, 0.15) is 35.2 Å². The molecule has 0 aliphatic carbocycles. The van der Waals surface area contributed by atoms with Gasteiger partial charge in [-0.25, -0.2) is 7.50 Å². The van der Waals surface area contributed by atoms with Crippen LogP contribution in [-0.4, -0.2) is 38.7 Å². The van der Waals surface area contributed by atoms with Crippen molar-refractivity contribution in [3.8, 4) is 11.1 Å². The number of benzene rings is 1. The zero-order valence-electron chi connectivity index (χ0n) is 21.3. The summed E-state index contributed by atoms with van der Waals surface area (Å²) in [5.41, 5.74) is 7.38. The van der Waals surface area contributed by atoms with Gasteiger partial charge >= 0.3 is 0 Å². The van der Waals surface area contributed by atoms with E-state index in [9.17, 15) is 0 Å². The Bertz CT molecular complexity index is 1560. The first kappa shape index (κ1) is 26.5. The molecule has 4 aromatic heterocycles. The molecule has 8 nitrogen and oxygen atoms in total. The Balaban J connectivity index is 1.26. The summed E-state index contributed by atoms with van der Waals surface area (Å²) in [6.45, 7) is 4.12. The lowest BCUT2D eigenvalue weighted by atomic mass is 10.0. The molecule has 0 bridgehead atoms. The van der Waals surface area contributed by atoms with Crippen LogP contribution in [0.15, 0.2) is 73.4 Å². The average molecular weight is 653 g/mol. The van der Waals surface area contributed by atoms with E-state index in [1.807, 2.05) is 51.6 Å². The van der Waals surface area contributed by atoms with Crippen molar-refractivity contribution in [3.63, 3.8) is 0 Å². The van der Waals surface area contributed by atoms with Crippen LogP contribution in [0.5, 0.6) is 0 Å². The number of nitrogens with one attached hydrogen (secondary N) is 2. The van der Waals surface area contributed by atoms with Crippen molar-refractivity contribution in [2.24, 2.45) is 5.92 Å². The SMILES string of the molecule is IOSn1cc(-c2ccc3ncc(NCC4CCOCC4)cc3c2)c2cc(CNCc3cccnc3)cnc21. The van der Waals surface area contributed by atoms with Crippen molar-refractivity contribution in [2.45, 2.75) is 25.9 Å². The highest BCUT2D eigenvalue weighted by Crippen LogP contribution is 2.35. The van der Waals surface area contributed by atoms with Crippen LogP contribution in [0.2, 0.25) is 0 Å². The summed E-state index contributed by atoms with van der Waals surface area (Å²) in [7, 11) is 0.